The van der Waals surface area contributed by atoms with Crippen molar-refractivity contribution < 1.29 is 13.9 Å². The summed E-state index contributed by atoms with van der Waals surface area (Å²) in [5.41, 5.74) is 6.17. The molecule has 1 saturated heterocycles. The molecular weight excluding hydrogens is 471 g/mol. The molecule has 1 fully saturated rings. The van der Waals surface area contributed by atoms with Gasteiger partial charge in [-0.05, 0) is 53.8 Å². The zero-order valence-corrected chi connectivity index (χ0v) is 21.6. The lowest BCUT2D eigenvalue weighted by Crippen LogP contribution is -2.35. The van der Waals surface area contributed by atoms with Crippen LogP contribution in [0.15, 0.2) is 47.7 Å². The number of amides is 1. The van der Waals surface area contributed by atoms with Crippen LogP contribution in [0.1, 0.15) is 36.1 Å². The lowest BCUT2D eigenvalue weighted by atomic mass is 9.91. The first-order valence-corrected chi connectivity index (χ1v) is 12.8. The van der Waals surface area contributed by atoms with Crippen LogP contribution < -0.4 is 10.6 Å². The lowest BCUT2D eigenvalue weighted by molar-refractivity contribution is -0.110. The number of carbonyl (C=O) groups is 1. The number of ether oxygens (including phenoxy) is 1. The maximum atomic E-state index is 15.1. The van der Waals surface area contributed by atoms with Gasteiger partial charge >= 0.3 is 0 Å². The van der Waals surface area contributed by atoms with Gasteiger partial charge in [0.2, 0.25) is 0 Å². The van der Waals surface area contributed by atoms with Crippen LogP contribution >= 0.6 is 0 Å². The summed E-state index contributed by atoms with van der Waals surface area (Å²) in [7, 11) is 1.88. The number of halogens is 1. The molecule has 8 nitrogen and oxygen atoms in total. The van der Waals surface area contributed by atoms with Gasteiger partial charge in [0, 0.05) is 50.6 Å². The molecule has 2 aliphatic heterocycles. The zero-order chi connectivity index (χ0) is 25.9. The van der Waals surface area contributed by atoms with Gasteiger partial charge in [-0.3, -0.25) is 24.7 Å². The van der Waals surface area contributed by atoms with Crippen molar-refractivity contribution in [1.29, 1.82) is 0 Å². The largest absolute Gasteiger partial charge is 0.379 e. The number of carbonyl (C=O) groups excluding carboxylic acids is 1. The maximum Gasteiger partial charge on any atom is 0.274 e. The highest BCUT2D eigenvalue weighted by molar-refractivity contribution is 6.49. The highest BCUT2D eigenvalue weighted by Crippen LogP contribution is 2.29. The highest BCUT2D eigenvalue weighted by Gasteiger charge is 2.25. The number of aliphatic imine (C=N–C) groups is 1. The molecule has 0 aliphatic carbocycles. The number of nitrogens with zero attached hydrogens (tertiary/aromatic N) is 4. The molecule has 5 rings (SSSR count). The summed E-state index contributed by atoms with van der Waals surface area (Å²) in [4.78, 5) is 20.5. The molecule has 37 heavy (non-hydrogen) atoms. The Hall–Kier alpha value is -3.40. The second-order valence-electron chi connectivity index (χ2n) is 9.61. The molecule has 1 unspecified atom stereocenters. The maximum absolute atomic E-state index is 15.1. The number of aromatic nitrogens is 2. The van der Waals surface area contributed by atoms with Gasteiger partial charge in [0.1, 0.15) is 11.5 Å². The van der Waals surface area contributed by atoms with Gasteiger partial charge in [-0.25, -0.2) is 4.39 Å². The average molecular weight is 505 g/mol. The third-order valence-corrected chi connectivity index (χ3v) is 6.92. The molecule has 9 heteroatoms. The fraction of sp³-hybridized carbons (Fsp3) is 0.393. The average Bonchev–Trinajstić information content (AvgIpc) is 3.26. The Morgan fingerprint density at radius 1 is 1.22 bits per heavy atom. The molecule has 3 aromatic rings. The van der Waals surface area contributed by atoms with E-state index in [2.05, 4.69) is 38.6 Å². The number of hydrogen-bond acceptors (Lipinski definition) is 6. The van der Waals surface area contributed by atoms with Crippen LogP contribution in [0.4, 0.5) is 10.1 Å². The first kappa shape index (κ1) is 25.3. The number of aryl methyl sites for hydroxylation is 2. The number of benzene rings is 2. The van der Waals surface area contributed by atoms with Gasteiger partial charge in [0.05, 0.1) is 31.3 Å². The second kappa shape index (κ2) is 10.9. The summed E-state index contributed by atoms with van der Waals surface area (Å²) in [6, 6.07) is 9.12. The van der Waals surface area contributed by atoms with Gasteiger partial charge in [0.25, 0.3) is 5.91 Å². The number of rotatable bonds is 6. The minimum Gasteiger partial charge on any atom is -0.379 e. The number of morpholine rings is 1. The first-order valence-electron chi connectivity index (χ1n) is 12.8. The van der Waals surface area contributed by atoms with Crippen LogP contribution in [0.3, 0.4) is 0 Å². The highest BCUT2D eigenvalue weighted by atomic mass is 19.1. The van der Waals surface area contributed by atoms with E-state index in [1.165, 1.54) is 6.07 Å². The Kier molecular flexibility index (Phi) is 7.45. The lowest BCUT2D eigenvalue weighted by Gasteiger charge is -2.26. The Labute approximate surface area is 216 Å². The molecule has 2 aliphatic rings. The van der Waals surface area contributed by atoms with E-state index in [0.29, 0.717) is 32.0 Å². The van der Waals surface area contributed by atoms with Crippen molar-refractivity contribution in [2.45, 2.75) is 39.5 Å². The van der Waals surface area contributed by atoms with Crippen LogP contribution in [-0.2, 0) is 36.1 Å². The van der Waals surface area contributed by atoms with E-state index in [4.69, 9.17) is 4.74 Å². The summed E-state index contributed by atoms with van der Waals surface area (Å²) in [6.45, 7) is 8.28. The first-order chi connectivity index (χ1) is 17.9. The normalized spacial score (nSPS) is 18.2. The summed E-state index contributed by atoms with van der Waals surface area (Å²) in [5, 5.41) is 10.5. The van der Waals surface area contributed by atoms with Crippen molar-refractivity contribution in [1.82, 2.24) is 20.0 Å². The minimum atomic E-state index is -0.460. The molecule has 0 spiro atoms. The number of hydrogen-bond donors (Lipinski definition) is 2. The van der Waals surface area contributed by atoms with E-state index in [1.54, 1.807) is 10.7 Å². The fourth-order valence-corrected chi connectivity index (χ4v) is 4.90. The Bertz CT molecular complexity index is 1330. The van der Waals surface area contributed by atoms with Gasteiger partial charge in [-0.1, -0.05) is 19.1 Å². The van der Waals surface area contributed by atoms with Crippen molar-refractivity contribution in [3.8, 4) is 11.1 Å². The van der Waals surface area contributed by atoms with Crippen molar-refractivity contribution >= 4 is 17.3 Å². The topological polar surface area (TPSA) is 83.8 Å². The standard InChI is InChI=1S/C28H33FN6O2/c1-4-20-12-21(22-14-31-34(3)17-22)13-23-24(20)15-30-18(2)32-27(23)28(36)33-26-6-5-19(11-25(26)29)16-35-7-9-37-10-8-35/h5-6,11-14,17-18,30H,4,7-10,15-16H2,1-3H3,(H,33,36). The molecule has 1 aromatic heterocycles. The Morgan fingerprint density at radius 2 is 2.03 bits per heavy atom. The molecule has 3 heterocycles. The fourth-order valence-electron chi connectivity index (χ4n) is 4.90. The van der Waals surface area contributed by atoms with Crippen molar-refractivity contribution in [3.05, 3.63) is 70.8 Å². The summed E-state index contributed by atoms with van der Waals surface area (Å²) >= 11 is 0. The SMILES string of the molecule is CCc1cc(-c2cnn(C)c2)cc2c1CNC(C)N=C2C(=O)Nc1ccc(CN2CCOCC2)cc1F. The third-order valence-electron chi connectivity index (χ3n) is 6.92. The van der Waals surface area contributed by atoms with Gasteiger partial charge in [0.15, 0.2) is 0 Å². The molecule has 2 N–H and O–H groups in total. The van der Waals surface area contributed by atoms with Crippen LogP contribution in [0, 0.1) is 5.82 Å². The van der Waals surface area contributed by atoms with Crippen molar-refractivity contribution in [3.63, 3.8) is 0 Å². The van der Waals surface area contributed by atoms with Gasteiger partial charge in [-0.2, -0.15) is 5.10 Å². The molecule has 1 atom stereocenters. The smallest absolute Gasteiger partial charge is 0.274 e. The van der Waals surface area contributed by atoms with Gasteiger partial charge in [-0.15, -0.1) is 0 Å². The van der Waals surface area contributed by atoms with E-state index in [1.807, 2.05) is 38.5 Å². The molecule has 2 aromatic carbocycles. The molecule has 1 amide bonds. The summed E-state index contributed by atoms with van der Waals surface area (Å²) < 4.78 is 22.2. The summed E-state index contributed by atoms with van der Waals surface area (Å²) in [5.74, 6) is -0.889. The zero-order valence-electron chi connectivity index (χ0n) is 21.6. The summed E-state index contributed by atoms with van der Waals surface area (Å²) in [6.07, 6.45) is 4.30. The van der Waals surface area contributed by atoms with E-state index >= 15 is 4.39 Å². The Morgan fingerprint density at radius 3 is 2.73 bits per heavy atom. The third kappa shape index (κ3) is 5.64. The number of anilines is 1. The van der Waals surface area contributed by atoms with E-state index in [0.717, 1.165) is 52.9 Å². The van der Waals surface area contributed by atoms with E-state index in [9.17, 15) is 4.79 Å². The van der Waals surface area contributed by atoms with Crippen LogP contribution in [0.5, 0.6) is 0 Å². The molecule has 0 radical (unpaired) electrons. The molecular formula is C28H33FN6O2. The number of fused-ring (bicyclic) bond motifs is 1. The van der Waals surface area contributed by atoms with Gasteiger partial charge < -0.3 is 10.1 Å². The predicted molar refractivity (Wildman–Crippen MR) is 142 cm³/mol. The quantitative estimate of drug-likeness (QED) is 0.537. The molecule has 0 bridgehead atoms. The van der Waals surface area contributed by atoms with E-state index in [-0.39, 0.29) is 11.9 Å². The van der Waals surface area contributed by atoms with Crippen LogP contribution in [0.2, 0.25) is 0 Å². The molecule has 0 saturated carbocycles. The van der Waals surface area contributed by atoms with E-state index < -0.39 is 11.7 Å². The monoisotopic (exact) mass is 504 g/mol. The van der Waals surface area contributed by atoms with Crippen molar-refractivity contribution in [2.75, 3.05) is 31.6 Å². The van der Waals surface area contributed by atoms with Crippen LogP contribution in [-0.4, -0.2) is 58.8 Å². The van der Waals surface area contributed by atoms with Crippen molar-refractivity contribution in [2.24, 2.45) is 12.0 Å². The second-order valence-corrected chi connectivity index (χ2v) is 9.61. The Balaban J connectivity index is 1.44. The predicted octanol–water partition coefficient (Wildman–Crippen LogP) is 3.50. The number of nitrogens with one attached hydrogen (secondary N) is 2. The van der Waals surface area contributed by atoms with Crippen LogP contribution in [0.25, 0.3) is 11.1 Å². The minimum absolute atomic E-state index is 0.143. The molecule has 194 valence electrons.